The molecule has 2 rings (SSSR count). The zero-order valence-electron chi connectivity index (χ0n) is 13.0. The molecule has 0 bridgehead atoms. The van der Waals surface area contributed by atoms with Crippen LogP contribution < -0.4 is 10.1 Å². The lowest BCUT2D eigenvalue weighted by molar-refractivity contribution is 0.412. The Hall–Kier alpha value is -1.87. The maximum atomic E-state index is 5.26. The van der Waals surface area contributed by atoms with Gasteiger partial charge in [0.2, 0.25) is 0 Å². The van der Waals surface area contributed by atoms with Crippen molar-refractivity contribution in [2.75, 3.05) is 13.7 Å². The molecule has 1 atom stereocenters. The zero-order valence-corrected chi connectivity index (χ0v) is 13.0. The molecule has 0 aliphatic rings. The molecule has 0 aliphatic heterocycles. The Labute approximate surface area is 127 Å². The fraction of sp³-hybridized carbons (Fsp3) is 0.389. The van der Waals surface area contributed by atoms with Gasteiger partial charge in [-0.2, -0.15) is 0 Å². The molecule has 3 nitrogen and oxygen atoms in total. The predicted molar refractivity (Wildman–Crippen MR) is 86.8 cm³/mol. The van der Waals surface area contributed by atoms with E-state index in [-0.39, 0.29) is 0 Å². The Kier molecular flexibility index (Phi) is 5.76. The Bertz CT molecular complexity index is 540. The summed E-state index contributed by atoms with van der Waals surface area (Å²) >= 11 is 0. The summed E-state index contributed by atoms with van der Waals surface area (Å²) in [5.74, 6) is 1.25. The fourth-order valence-electron chi connectivity index (χ4n) is 2.38. The second kappa shape index (κ2) is 7.79. The minimum Gasteiger partial charge on any atom is -0.495 e. The molecule has 0 amide bonds. The summed E-state index contributed by atoms with van der Waals surface area (Å²) in [4.78, 5) is 4.25. The van der Waals surface area contributed by atoms with Gasteiger partial charge in [-0.25, -0.2) is 0 Å². The fourth-order valence-corrected chi connectivity index (χ4v) is 2.38. The third-order valence-corrected chi connectivity index (χ3v) is 3.53. The molecular weight excluding hydrogens is 260 g/mol. The van der Waals surface area contributed by atoms with Crippen LogP contribution in [0, 0.1) is 0 Å². The summed E-state index contributed by atoms with van der Waals surface area (Å²) in [5.41, 5.74) is 2.56. The Morgan fingerprint density at radius 3 is 2.57 bits per heavy atom. The smallest absolute Gasteiger partial charge is 0.137 e. The number of hydrogen-bond acceptors (Lipinski definition) is 3. The van der Waals surface area contributed by atoms with Gasteiger partial charge in [-0.1, -0.05) is 44.2 Å². The van der Waals surface area contributed by atoms with Crippen LogP contribution in [-0.4, -0.2) is 24.7 Å². The lowest BCUT2D eigenvalue weighted by Crippen LogP contribution is -2.29. The quantitative estimate of drug-likeness (QED) is 0.846. The molecule has 0 radical (unpaired) electrons. The van der Waals surface area contributed by atoms with Crippen molar-refractivity contribution in [1.29, 1.82) is 0 Å². The number of aromatic nitrogens is 1. The van der Waals surface area contributed by atoms with Crippen LogP contribution in [-0.2, 0) is 6.42 Å². The van der Waals surface area contributed by atoms with Gasteiger partial charge in [0.15, 0.2) is 0 Å². The molecule has 112 valence electrons. The first-order chi connectivity index (χ1) is 10.2. The molecule has 0 saturated heterocycles. The van der Waals surface area contributed by atoms with E-state index in [4.69, 9.17) is 4.74 Å². The van der Waals surface area contributed by atoms with Crippen LogP contribution >= 0.6 is 0 Å². The molecule has 3 heteroatoms. The van der Waals surface area contributed by atoms with E-state index in [1.54, 1.807) is 13.3 Å². The number of ether oxygens (including phenoxy) is 1. The van der Waals surface area contributed by atoms with Gasteiger partial charge in [-0.15, -0.1) is 0 Å². The summed E-state index contributed by atoms with van der Waals surface area (Å²) in [5, 5.41) is 3.54. The van der Waals surface area contributed by atoms with Gasteiger partial charge in [0.1, 0.15) is 5.75 Å². The molecular formula is C18H24N2O. The van der Waals surface area contributed by atoms with Gasteiger partial charge in [-0.05, 0) is 23.6 Å². The minimum absolute atomic E-state index is 0.433. The van der Waals surface area contributed by atoms with Crippen LogP contribution in [0.2, 0.25) is 0 Å². The van der Waals surface area contributed by atoms with Gasteiger partial charge in [0, 0.05) is 24.7 Å². The SMILES string of the molecule is COc1cncc(CC(CNC(C)C)c2ccccc2)c1. The van der Waals surface area contributed by atoms with Crippen molar-refractivity contribution in [1.82, 2.24) is 10.3 Å². The Morgan fingerprint density at radius 1 is 1.14 bits per heavy atom. The van der Waals surface area contributed by atoms with Crippen LogP contribution in [0.25, 0.3) is 0 Å². The predicted octanol–water partition coefficient (Wildman–Crippen LogP) is 3.41. The molecule has 1 aromatic carbocycles. The van der Waals surface area contributed by atoms with E-state index in [2.05, 4.69) is 60.5 Å². The molecule has 1 heterocycles. The zero-order chi connectivity index (χ0) is 15.1. The van der Waals surface area contributed by atoms with E-state index in [1.165, 1.54) is 11.1 Å². The third kappa shape index (κ3) is 4.87. The summed E-state index contributed by atoms with van der Waals surface area (Å²) in [6.07, 6.45) is 4.62. The Balaban J connectivity index is 2.15. The van der Waals surface area contributed by atoms with Crippen molar-refractivity contribution in [2.45, 2.75) is 32.2 Å². The number of benzene rings is 1. The van der Waals surface area contributed by atoms with Gasteiger partial charge < -0.3 is 10.1 Å². The number of methoxy groups -OCH3 is 1. The van der Waals surface area contributed by atoms with Crippen LogP contribution in [0.15, 0.2) is 48.8 Å². The van der Waals surface area contributed by atoms with E-state index in [9.17, 15) is 0 Å². The van der Waals surface area contributed by atoms with Crippen molar-refractivity contribution < 1.29 is 4.74 Å². The molecule has 0 fully saturated rings. The maximum Gasteiger partial charge on any atom is 0.137 e. The highest BCUT2D eigenvalue weighted by Gasteiger charge is 2.13. The molecule has 1 aromatic heterocycles. The van der Waals surface area contributed by atoms with E-state index in [0.717, 1.165) is 18.7 Å². The minimum atomic E-state index is 0.433. The second-order valence-corrected chi connectivity index (χ2v) is 5.61. The number of hydrogen-bond donors (Lipinski definition) is 1. The molecule has 0 spiro atoms. The summed E-state index contributed by atoms with van der Waals surface area (Å²) in [6.45, 7) is 5.31. The van der Waals surface area contributed by atoms with Crippen LogP contribution in [0.3, 0.4) is 0 Å². The van der Waals surface area contributed by atoms with Crippen molar-refractivity contribution in [2.24, 2.45) is 0 Å². The van der Waals surface area contributed by atoms with Crippen LogP contribution in [0.1, 0.15) is 30.9 Å². The molecule has 1 unspecified atom stereocenters. The lowest BCUT2D eigenvalue weighted by atomic mass is 9.92. The van der Waals surface area contributed by atoms with Crippen LogP contribution in [0.4, 0.5) is 0 Å². The summed E-state index contributed by atoms with van der Waals surface area (Å²) in [7, 11) is 1.68. The molecule has 2 aromatic rings. The van der Waals surface area contributed by atoms with Crippen molar-refractivity contribution in [3.8, 4) is 5.75 Å². The number of nitrogens with zero attached hydrogens (tertiary/aromatic N) is 1. The van der Waals surface area contributed by atoms with Gasteiger partial charge in [0.25, 0.3) is 0 Å². The second-order valence-electron chi connectivity index (χ2n) is 5.61. The van der Waals surface area contributed by atoms with Crippen LogP contribution in [0.5, 0.6) is 5.75 Å². The normalized spacial score (nSPS) is 12.4. The van der Waals surface area contributed by atoms with Gasteiger partial charge in [0.05, 0.1) is 13.3 Å². The maximum absolute atomic E-state index is 5.26. The molecule has 1 N–H and O–H groups in total. The average Bonchev–Trinajstić information content (AvgIpc) is 2.52. The number of nitrogens with one attached hydrogen (secondary N) is 1. The van der Waals surface area contributed by atoms with E-state index in [1.807, 2.05) is 6.20 Å². The monoisotopic (exact) mass is 284 g/mol. The van der Waals surface area contributed by atoms with Crippen molar-refractivity contribution >= 4 is 0 Å². The standard InChI is InChI=1S/C18H24N2O/c1-14(2)20-12-17(16-7-5-4-6-8-16)9-15-10-18(21-3)13-19-11-15/h4-8,10-11,13-14,17,20H,9,12H2,1-3H3. The van der Waals surface area contributed by atoms with E-state index < -0.39 is 0 Å². The van der Waals surface area contributed by atoms with Crippen molar-refractivity contribution in [3.63, 3.8) is 0 Å². The Morgan fingerprint density at radius 2 is 1.90 bits per heavy atom. The molecule has 0 saturated carbocycles. The average molecular weight is 284 g/mol. The molecule has 0 aliphatic carbocycles. The highest BCUT2D eigenvalue weighted by molar-refractivity contribution is 5.27. The topological polar surface area (TPSA) is 34.1 Å². The first-order valence-electron chi connectivity index (χ1n) is 7.45. The van der Waals surface area contributed by atoms with E-state index in [0.29, 0.717) is 12.0 Å². The number of rotatable bonds is 7. The first-order valence-corrected chi connectivity index (χ1v) is 7.45. The number of pyridine rings is 1. The molecule has 21 heavy (non-hydrogen) atoms. The third-order valence-electron chi connectivity index (χ3n) is 3.53. The summed E-state index contributed by atoms with van der Waals surface area (Å²) < 4.78 is 5.26. The highest BCUT2D eigenvalue weighted by Crippen LogP contribution is 2.22. The van der Waals surface area contributed by atoms with Gasteiger partial charge >= 0.3 is 0 Å². The summed E-state index contributed by atoms with van der Waals surface area (Å²) in [6, 6.07) is 13.2. The van der Waals surface area contributed by atoms with Crippen molar-refractivity contribution in [3.05, 3.63) is 59.9 Å². The van der Waals surface area contributed by atoms with Gasteiger partial charge in [-0.3, -0.25) is 4.98 Å². The highest BCUT2D eigenvalue weighted by atomic mass is 16.5. The largest absolute Gasteiger partial charge is 0.495 e. The first kappa shape index (κ1) is 15.5. The van der Waals surface area contributed by atoms with E-state index >= 15 is 0 Å². The lowest BCUT2D eigenvalue weighted by Gasteiger charge is -2.20.